The second kappa shape index (κ2) is 15.9. The quantitative estimate of drug-likeness (QED) is 0.173. The Morgan fingerprint density at radius 1 is 0.353 bits per heavy atom. The van der Waals surface area contributed by atoms with E-state index < -0.39 is 0 Å². The Bertz CT molecular complexity index is 3280. The van der Waals surface area contributed by atoms with Gasteiger partial charge in [-0.15, -0.1) is 0 Å². The predicted octanol–water partition coefficient (Wildman–Crippen LogP) is 16.1. The van der Waals surface area contributed by atoms with E-state index in [-0.39, 0.29) is 21.7 Å². The van der Waals surface area contributed by atoms with Crippen LogP contribution in [0.5, 0.6) is 0 Å². The molecule has 0 bridgehead atoms. The van der Waals surface area contributed by atoms with E-state index in [9.17, 15) is 5.26 Å². The highest BCUT2D eigenvalue weighted by Gasteiger charge is 2.27. The van der Waals surface area contributed by atoms with Gasteiger partial charge < -0.3 is 9.13 Å². The molecule has 0 aliphatic rings. The Kier molecular flexibility index (Phi) is 10.4. The van der Waals surface area contributed by atoms with E-state index >= 15 is 0 Å². The van der Waals surface area contributed by atoms with Crippen LogP contribution < -0.4 is 0 Å². The Morgan fingerprint density at radius 3 is 0.897 bits per heavy atom. The molecule has 6 heteroatoms. The summed E-state index contributed by atoms with van der Waals surface area (Å²) in [6.45, 7) is 27.2. The van der Waals surface area contributed by atoms with Crippen LogP contribution in [-0.2, 0) is 21.7 Å². The van der Waals surface area contributed by atoms with Gasteiger partial charge in [0.1, 0.15) is 11.6 Å². The summed E-state index contributed by atoms with van der Waals surface area (Å²) in [5.74, 6) is 1.66. The molecule has 338 valence electrons. The van der Waals surface area contributed by atoms with Crippen molar-refractivity contribution >= 4 is 43.6 Å². The number of rotatable bonds is 5. The van der Waals surface area contributed by atoms with E-state index in [0.29, 0.717) is 23.0 Å². The molecule has 0 unspecified atom stereocenters. The van der Waals surface area contributed by atoms with Crippen LogP contribution in [0.2, 0.25) is 0 Å². The van der Waals surface area contributed by atoms with Crippen molar-refractivity contribution in [2.75, 3.05) is 0 Å². The lowest BCUT2D eigenvalue weighted by Crippen LogP contribution is -2.11. The molecule has 7 aromatic carbocycles. The first kappa shape index (κ1) is 44.5. The van der Waals surface area contributed by atoms with Crippen molar-refractivity contribution in [1.29, 1.82) is 5.26 Å². The van der Waals surface area contributed by atoms with Gasteiger partial charge in [-0.1, -0.05) is 168 Å². The monoisotopic (exact) mass is 888 g/mol. The SMILES string of the molecule is CC(C)(C)c1ccc2c(c1)c1cc(C(C)(C)C)ccc1n2-c1cc(-c2nc(-c3ccccc3)nc(-c3ccccc3)n2)cc(-n2c3ccc(C(C)(C)C)cc3c3cc(C(C)(C)C)ccc32)c1C#N. The summed E-state index contributed by atoms with van der Waals surface area (Å²) in [6, 6.07) is 54.6. The number of benzene rings is 7. The summed E-state index contributed by atoms with van der Waals surface area (Å²) in [6.07, 6.45) is 0. The lowest BCUT2D eigenvalue weighted by molar-refractivity contribution is 0.590. The highest BCUT2D eigenvalue weighted by atomic mass is 15.1. The number of fused-ring (bicyclic) bond motifs is 6. The van der Waals surface area contributed by atoms with E-state index in [2.05, 4.69) is 183 Å². The van der Waals surface area contributed by atoms with Gasteiger partial charge in [0.05, 0.1) is 33.4 Å². The maximum atomic E-state index is 11.8. The zero-order valence-electron chi connectivity index (χ0n) is 41.5. The molecule has 68 heavy (non-hydrogen) atoms. The van der Waals surface area contributed by atoms with Crippen molar-refractivity contribution in [3.63, 3.8) is 0 Å². The van der Waals surface area contributed by atoms with Crippen LogP contribution in [0.4, 0.5) is 0 Å². The summed E-state index contributed by atoms with van der Waals surface area (Å²) < 4.78 is 4.60. The fraction of sp³-hybridized carbons (Fsp3) is 0.258. The van der Waals surface area contributed by atoms with Crippen LogP contribution in [0.3, 0.4) is 0 Å². The lowest BCUT2D eigenvalue weighted by atomic mass is 9.85. The van der Waals surface area contributed by atoms with Crippen LogP contribution in [0.1, 0.15) is 111 Å². The van der Waals surface area contributed by atoms with E-state index in [1.807, 2.05) is 60.7 Å². The fourth-order valence-electron chi connectivity index (χ4n) is 9.58. The van der Waals surface area contributed by atoms with Gasteiger partial charge in [-0.3, -0.25) is 0 Å². The zero-order chi connectivity index (χ0) is 48.1. The molecule has 10 aromatic rings. The van der Waals surface area contributed by atoms with Crippen LogP contribution in [0, 0.1) is 11.3 Å². The lowest BCUT2D eigenvalue weighted by Gasteiger charge is -2.21. The molecule has 0 aliphatic heterocycles. The Hall–Kier alpha value is -7.36. The molecule has 0 saturated carbocycles. The van der Waals surface area contributed by atoms with Crippen molar-refractivity contribution in [3.05, 3.63) is 173 Å². The molecule has 0 fully saturated rings. The standard InChI is InChI=1S/C62H60N6/c1-59(2,3)41-23-27-50-45(33-41)46-34-42(60(4,5)6)24-28-51(46)67(50)54-31-40(58-65-56(38-19-15-13-16-20-38)64-57(66-58)39-21-17-14-18-22-39)32-55(49(54)37-63)68-52-29-25-43(61(7,8)9)35-47(52)48-36-44(62(10,11)12)26-30-53(48)68/h13-36H,1-12H3. The molecule has 0 atom stereocenters. The molecule has 0 spiro atoms. The number of hydrogen-bond acceptors (Lipinski definition) is 4. The van der Waals surface area contributed by atoms with Gasteiger partial charge in [-0.05, 0) is 105 Å². The molecule has 3 aromatic heterocycles. The van der Waals surface area contributed by atoms with E-state index in [1.165, 1.54) is 22.3 Å². The van der Waals surface area contributed by atoms with Crippen molar-refractivity contribution < 1.29 is 0 Å². The average Bonchev–Trinajstić information content (AvgIpc) is 3.81. The summed E-state index contributed by atoms with van der Waals surface area (Å²) in [7, 11) is 0. The molecular weight excluding hydrogens is 829 g/mol. The fourth-order valence-corrected chi connectivity index (χ4v) is 9.58. The first-order chi connectivity index (χ1) is 32.2. The highest BCUT2D eigenvalue weighted by molar-refractivity contribution is 6.12. The molecule has 0 aliphatic carbocycles. The number of hydrogen-bond donors (Lipinski definition) is 0. The Labute approximate surface area is 401 Å². The highest BCUT2D eigenvalue weighted by Crippen LogP contribution is 2.43. The molecule has 0 amide bonds. The summed E-state index contributed by atoms with van der Waals surface area (Å²) in [5, 5.41) is 16.4. The van der Waals surface area contributed by atoms with Crippen molar-refractivity contribution in [1.82, 2.24) is 24.1 Å². The number of aromatic nitrogens is 5. The molecule has 0 N–H and O–H groups in total. The summed E-state index contributed by atoms with van der Waals surface area (Å²) >= 11 is 0. The Balaban J connectivity index is 1.38. The molecule has 10 rings (SSSR count). The second-order valence-electron chi connectivity index (χ2n) is 22.6. The van der Waals surface area contributed by atoms with Gasteiger partial charge in [0, 0.05) is 38.2 Å². The maximum Gasteiger partial charge on any atom is 0.164 e. The van der Waals surface area contributed by atoms with Gasteiger partial charge in [0.15, 0.2) is 17.5 Å². The molecular formula is C62H60N6. The van der Waals surface area contributed by atoms with Crippen LogP contribution >= 0.6 is 0 Å². The third kappa shape index (κ3) is 7.74. The largest absolute Gasteiger partial charge is 0.308 e. The van der Waals surface area contributed by atoms with Gasteiger partial charge in [-0.2, -0.15) is 5.26 Å². The average molecular weight is 889 g/mol. The molecule has 6 nitrogen and oxygen atoms in total. The van der Waals surface area contributed by atoms with Crippen molar-refractivity contribution in [2.45, 2.75) is 105 Å². The minimum absolute atomic E-state index is 0.0724. The topological polar surface area (TPSA) is 72.3 Å². The summed E-state index contributed by atoms with van der Waals surface area (Å²) in [4.78, 5) is 15.6. The maximum absolute atomic E-state index is 11.8. The van der Waals surface area contributed by atoms with E-state index in [4.69, 9.17) is 15.0 Å². The van der Waals surface area contributed by atoms with E-state index in [0.717, 1.165) is 71.7 Å². The molecule has 0 saturated heterocycles. The smallest absolute Gasteiger partial charge is 0.164 e. The van der Waals surface area contributed by atoms with Gasteiger partial charge in [0.25, 0.3) is 0 Å². The first-order valence-electron chi connectivity index (χ1n) is 23.8. The second-order valence-corrected chi connectivity index (χ2v) is 22.6. The van der Waals surface area contributed by atoms with Gasteiger partial charge in [0.2, 0.25) is 0 Å². The number of nitrogens with zero attached hydrogens (tertiary/aromatic N) is 6. The van der Waals surface area contributed by atoms with Crippen LogP contribution in [0.15, 0.2) is 146 Å². The normalized spacial score (nSPS) is 12.7. The minimum Gasteiger partial charge on any atom is -0.308 e. The van der Waals surface area contributed by atoms with E-state index in [1.54, 1.807) is 0 Å². The third-order valence-corrected chi connectivity index (χ3v) is 13.6. The predicted molar refractivity (Wildman–Crippen MR) is 284 cm³/mol. The summed E-state index contributed by atoms with van der Waals surface area (Å²) in [5.41, 5.74) is 13.4. The first-order valence-corrected chi connectivity index (χ1v) is 23.8. The molecule has 0 radical (unpaired) electrons. The van der Waals surface area contributed by atoms with Crippen LogP contribution in [0.25, 0.3) is 89.2 Å². The van der Waals surface area contributed by atoms with Crippen molar-refractivity contribution in [2.24, 2.45) is 0 Å². The zero-order valence-corrected chi connectivity index (χ0v) is 41.5. The van der Waals surface area contributed by atoms with Gasteiger partial charge in [-0.25, -0.2) is 15.0 Å². The van der Waals surface area contributed by atoms with Crippen LogP contribution in [-0.4, -0.2) is 24.1 Å². The van der Waals surface area contributed by atoms with Gasteiger partial charge >= 0.3 is 0 Å². The Morgan fingerprint density at radius 2 is 0.632 bits per heavy atom. The minimum atomic E-state index is -0.0724. The molecule has 3 heterocycles. The number of nitriles is 1. The third-order valence-electron chi connectivity index (χ3n) is 13.6. The van der Waals surface area contributed by atoms with Crippen molar-refractivity contribution in [3.8, 4) is 51.6 Å².